The third-order valence-electron chi connectivity index (χ3n) is 5.04. The molecule has 0 aliphatic rings. The van der Waals surface area contributed by atoms with Crippen LogP contribution in [0.25, 0.3) is 10.9 Å². The lowest BCUT2D eigenvalue weighted by molar-refractivity contribution is -0.117. The maximum atomic E-state index is 11.8. The molecule has 3 aromatic rings. The summed E-state index contributed by atoms with van der Waals surface area (Å²) < 4.78 is 19.1. The fourth-order valence-electron chi connectivity index (χ4n) is 3.84. The molecule has 0 aliphatic heterocycles. The molecule has 166 valence electrons. The van der Waals surface area contributed by atoms with Crippen molar-refractivity contribution in [3.8, 4) is 5.75 Å². The van der Waals surface area contributed by atoms with E-state index in [1.165, 1.54) is 0 Å². The lowest BCUT2D eigenvalue weighted by Crippen LogP contribution is -2.15. The number of carbonyl (C=O) groups excluding carboxylic acids is 1. The Morgan fingerprint density at radius 3 is 2.61 bits per heavy atom. The van der Waals surface area contributed by atoms with E-state index in [0.29, 0.717) is 23.7 Å². The molecule has 0 bridgehead atoms. The van der Waals surface area contributed by atoms with Gasteiger partial charge in [0.2, 0.25) is 5.91 Å². The summed E-state index contributed by atoms with van der Waals surface area (Å²) in [6.07, 6.45) is 0.739. The first kappa shape index (κ1) is 23.4. The van der Waals surface area contributed by atoms with E-state index in [4.69, 9.17) is 31.9 Å². The molecule has 0 fully saturated rings. The maximum Gasteiger partial charge on any atom is 0.325 e. The van der Waals surface area contributed by atoms with E-state index in [2.05, 4.69) is 4.57 Å². The van der Waals surface area contributed by atoms with Crippen molar-refractivity contribution in [2.75, 3.05) is 12.8 Å². The van der Waals surface area contributed by atoms with Crippen molar-refractivity contribution in [3.63, 3.8) is 0 Å². The lowest BCUT2D eigenvalue weighted by atomic mass is 10.0. The minimum Gasteiger partial charge on any atom is -0.493 e. The van der Waals surface area contributed by atoms with Crippen LogP contribution in [0, 0.1) is 0 Å². The number of fused-ring (bicyclic) bond motifs is 1. The van der Waals surface area contributed by atoms with Crippen molar-refractivity contribution in [1.82, 2.24) is 4.57 Å². The number of nitrogens with zero attached hydrogens (tertiary/aromatic N) is 1. The van der Waals surface area contributed by atoms with Crippen molar-refractivity contribution >= 4 is 36.0 Å². The number of primary amides is 1. The fourth-order valence-corrected chi connectivity index (χ4v) is 4.59. The van der Waals surface area contributed by atoms with Crippen molar-refractivity contribution in [3.05, 3.63) is 64.3 Å². The highest BCUT2D eigenvalue weighted by molar-refractivity contribution is 7.51. The molecule has 0 aliphatic carbocycles. The van der Waals surface area contributed by atoms with E-state index in [9.17, 15) is 9.36 Å². The molecule has 0 spiro atoms. The summed E-state index contributed by atoms with van der Waals surface area (Å²) in [5.41, 5.74) is 9.28. The van der Waals surface area contributed by atoms with Crippen molar-refractivity contribution in [1.29, 1.82) is 0 Å². The molecule has 4 N–H and O–H groups in total. The third kappa shape index (κ3) is 5.89. The SMILES string of the molecule is CCc1c(CC(N)=O)c2c(OCCCP(=O)(O)O)cccc2n1Cc1cccc(Cl)c1. The van der Waals surface area contributed by atoms with Crippen LogP contribution in [0.5, 0.6) is 5.75 Å². The Labute approximate surface area is 185 Å². The highest BCUT2D eigenvalue weighted by atomic mass is 35.5. The van der Waals surface area contributed by atoms with Crippen LogP contribution in [0.2, 0.25) is 5.02 Å². The Bertz CT molecular complexity index is 1140. The second-order valence-electron chi connectivity index (χ2n) is 7.38. The smallest absolute Gasteiger partial charge is 0.325 e. The monoisotopic (exact) mass is 464 g/mol. The molecule has 0 saturated heterocycles. The molecule has 3 rings (SSSR count). The van der Waals surface area contributed by atoms with Crippen LogP contribution in [-0.4, -0.2) is 33.0 Å². The number of hydrogen-bond acceptors (Lipinski definition) is 3. The molecule has 1 aromatic heterocycles. The van der Waals surface area contributed by atoms with Crippen LogP contribution in [-0.2, 0) is 28.7 Å². The van der Waals surface area contributed by atoms with Gasteiger partial charge in [0, 0.05) is 22.6 Å². The van der Waals surface area contributed by atoms with Gasteiger partial charge in [0.1, 0.15) is 5.75 Å². The Morgan fingerprint density at radius 2 is 1.97 bits per heavy atom. The Kier molecular flexibility index (Phi) is 7.44. The highest BCUT2D eigenvalue weighted by Crippen LogP contribution is 2.37. The number of hydrogen-bond donors (Lipinski definition) is 3. The third-order valence-corrected chi connectivity index (χ3v) is 6.17. The number of amides is 1. The first-order valence-corrected chi connectivity index (χ1v) is 12.2. The first-order chi connectivity index (χ1) is 14.7. The highest BCUT2D eigenvalue weighted by Gasteiger charge is 2.21. The molecule has 1 amide bonds. The normalized spacial score (nSPS) is 11.7. The predicted molar refractivity (Wildman–Crippen MR) is 122 cm³/mol. The zero-order valence-electron chi connectivity index (χ0n) is 17.3. The van der Waals surface area contributed by atoms with Crippen LogP contribution < -0.4 is 10.5 Å². The van der Waals surface area contributed by atoms with Gasteiger partial charge in [-0.15, -0.1) is 0 Å². The quantitative estimate of drug-likeness (QED) is 0.311. The van der Waals surface area contributed by atoms with Gasteiger partial charge < -0.3 is 24.8 Å². The van der Waals surface area contributed by atoms with E-state index in [0.717, 1.165) is 27.7 Å². The standard InChI is InChI=1S/C22H26ClN2O5P/c1-2-18-17(13-21(24)26)22-19(25(18)14-15-6-3-7-16(23)12-15)8-4-9-20(22)30-10-5-11-31(27,28)29/h3-4,6-9,12H,2,5,10-11,13-14H2,1H3,(H2,24,26)(H2,27,28,29). The number of halogens is 1. The summed E-state index contributed by atoms with van der Waals surface area (Å²) in [4.78, 5) is 29.9. The molecule has 7 nitrogen and oxygen atoms in total. The molecule has 0 radical (unpaired) electrons. The van der Waals surface area contributed by atoms with Crippen LogP contribution in [0.15, 0.2) is 42.5 Å². The summed E-state index contributed by atoms with van der Waals surface area (Å²) in [5.74, 6) is 0.131. The summed E-state index contributed by atoms with van der Waals surface area (Å²) >= 11 is 6.16. The van der Waals surface area contributed by atoms with E-state index in [1.54, 1.807) is 6.07 Å². The second kappa shape index (κ2) is 9.88. The molecule has 0 saturated carbocycles. The van der Waals surface area contributed by atoms with Gasteiger partial charge in [-0.1, -0.05) is 36.7 Å². The maximum absolute atomic E-state index is 11.8. The van der Waals surface area contributed by atoms with Crippen LogP contribution in [0.1, 0.15) is 30.2 Å². The molecule has 0 unspecified atom stereocenters. The van der Waals surface area contributed by atoms with Crippen molar-refractivity contribution < 1.29 is 23.9 Å². The van der Waals surface area contributed by atoms with Crippen molar-refractivity contribution in [2.45, 2.75) is 32.7 Å². The molecular weight excluding hydrogens is 439 g/mol. The minimum absolute atomic E-state index is 0.0745. The average Bonchev–Trinajstić information content (AvgIpc) is 2.97. The molecular formula is C22H26ClN2O5P. The van der Waals surface area contributed by atoms with Gasteiger partial charge in [-0.05, 0) is 48.2 Å². The van der Waals surface area contributed by atoms with Gasteiger partial charge in [0.05, 0.1) is 24.7 Å². The molecule has 2 aromatic carbocycles. The Hall–Kier alpha value is -2.31. The number of ether oxygens (including phenoxy) is 1. The number of nitrogens with two attached hydrogens (primary N) is 1. The average molecular weight is 465 g/mol. The number of carbonyl (C=O) groups is 1. The van der Waals surface area contributed by atoms with Crippen LogP contribution in [0.3, 0.4) is 0 Å². The summed E-state index contributed by atoms with van der Waals surface area (Å²) in [6.45, 7) is 2.75. The predicted octanol–water partition coefficient (Wildman–Crippen LogP) is 3.88. The Balaban J connectivity index is 2.05. The fraction of sp³-hybridized carbons (Fsp3) is 0.318. The minimum atomic E-state index is -4.07. The van der Waals surface area contributed by atoms with Gasteiger partial charge in [0.15, 0.2) is 0 Å². The van der Waals surface area contributed by atoms with E-state index in [-0.39, 0.29) is 25.6 Å². The van der Waals surface area contributed by atoms with Gasteiger partial charge in [-0.3, -0.25) is 9.36 Å². The summed E-state index contributed by atoms with van der Waals surface area (Å²) in [7, 11) is -4.07. The van der Waals surface area contributed by atoms with E-state index in [1.807, 2.05) is 43.3 Å². The zero-order chi connectivity index (χ0) is 22.6. The van der Waals surface area contributed by atoms with Crippen molar-refractivity contribution in [2.24, 2.45) is 5.73 Å². The van der Waals surface area contributed by atoms with E-state index < -0.39 is 13.5 Å². The lowest BCUT2D eigenvalue weighted by Gasteiger charge is -2.11. The summed E-state index contributed by atoms with van der Waals surface area (Å²) in [5, 5.41) is 1.45. The van der Waals surface area contributed by atoms with Crippen LogP contribution >= 0.6 is 19.2 Å². The molecule has 31 heavy (non-hydrogen) atoms. The van der Waals surface area contributed by atoms with Gasteiger partial charge >= 0.3 is 7.60 Å². The topological polar surface area (TPSA) is 115 Å². The van der Waals surface area contributed by atoms with Gasteiger partial charge in [-0.25, -0.2) is 0 Å². The van der Waals surface area contributed by atoms with Gasteiger partial charge in [-0.2, -0.15) is 0 Å². The van der Waals surface area contributed by atoms with Gasteiger partial charge in [0.25, 0.3) is 0 Å². The second-order valence-corrected chi connectivity index (χ2v) is 9.59. The zero-order valence-corrected chi connectivity index (χ0v) is 18.9. The summed E-state index contributed by atoms with van der Waals surface area (Å²) in [6, 6.07) is 13.2. The number of aromatic nitrogens is 1. The molecule has 9 heteroatoms. The molecule has 1 heterocycles. The number of benzene rings is 2. The Morgan fingerprint density at radius 1 is 1.23 bits per heavy atom. The first-order valence-electron chi connectivity index (χ1n) is 10.0. The largest absolute Gasteiger partial charge is 0.493 e. The molecule has 0 atom stereocenters. The number of rotatable bonds is 10. The van der Waals surface area contributed by atoms with E-state index >= 15 is 0 Å². The van der Waals surface area contributed by atoms with Crippen LogP contribution in [0.4, 0.5) is 0 Å².